The van der Waals surface area contributed by atoms with Gasteiger partial charge in [-0.2, -0.15) is 0 Å². The smallest absolute Gasteiger partial charge is 0.0734 e. The van der Waals surface area contributed by atoms with Crippen molar-refractivity contribution in [2.45, 2.75) is 6.42 Å². The summed E-state index contributed by atoms with van der Waals surface area (Å²) < 4.78 is 0.981. The molecule has 0 spiro atoms. The molecule has 1 heterocycles. The van der Waals surface area contributed by atoms with Gasteiger partial charge in [0.1, 0.15) is 0 Å². The van der Waals surface area contributed by atoms with E-state index in [4.69, 9.17) is 5.90 Å². The topological polar surface area (TPSA) is 48.1 Å². The molecule has 0 atom stereocenters. The average molecular weight is 217 g/mol. The Bertz CT molecular complexity index is 212. The van der Waals surface area contributed by atoms with Crippen LogP contribution >= 0.6 is 15.9 Å². The van der Waals surface area contributed by atoms with E-state index in [1.807, 2.05) is 12.1 Å². The minimum absolute atomic E-state index is 0.509. The van der Waals surface area contributed by atoms with Crippen LogP contribution < -0.4 is 5.90 Å². The van der Waals surface area contributed by atoms with Crippen LogP contribution in [0.3, 0.4) is 0 Å². The molecule has 1 aromatic heterocycles. The molecular weight excluding hydrogens is 208 g/mol. The predicted octanol–water partition coefficient (Wildman–Crippen LogP) is 1.28. The summed E-state index contributed by atoms with van der Waals surface area (Å²) in [6, 6.07) is 3.88. The first-order chi connectivity index (χ1) is 5.33. The summed E-state index contributed by atoms with van der Waals surface area (Å²) in [5.74, 6) is 4.87. The zero-order valence-corrected chi connectivity index (χ0v) is 7.54. The van der Waals surface area contributed by atoms with Gasteiger partial charge in [-0.15, -0.1) is 0 Å². The number of nitrogens with zero attached hydrogens (tertiary/aromatic N) is 1. The summed E-state index contributed by atoms with van der Waals surface area (Å²) in [6.07, 6.45) is 2.51. The summed E-state index contributed by atoms with van der Waals surface area (Å²) in [5, 5.41) is 0. The number of hydrogen-bond donors (Lipinski definition) is 1. The van der Waals surface area contributed by atoms with Gasteiger partial charge in [0.2, 0.25) is 0 Å². The van der Waals surface area contributed by atoms with Crippen LogP contribution in [0.1, 0.15) is 5.69 Å². The van der Waals surface area contributed by atoms with Gasteiger partial charge < -0.3 is 4.84 Å². The Labute approximate surface area is 73.7 Å². The van der Waals surface area contributed by atoms with E-state index in [2.05, 4.69) is 25.8 Å². The Morgan fingerprint density at radius 3 is 2.91 bits per heavy atom. The van der Waals surface area contributed by atoms with Gasteiger partial charge in [-0.25, -0.2) is 5.90 Å². The molecule has 11 heavy (non-hydrogen) atoms. The van der Waals surface area contributed by atoms with E-state index in [0.29, 0.717) is 6.61 Å². The highest BCUT2D eigenvalue weighted by atomic mass is 79.9. The number of halogens is 1. The van der Waals surface area contributed by atoms with E-state index in [1.165, 1.54) is 0 Å². The first-order valence-electron chi connectivity index (χ1n) is 3.25. The first kappa shape index (κ1) is 8.64. The molecule has 0 aliphatic carbocycles. The van der Waals surface area contributed by atoms with Gasteiger partial charge in [-0.05, 0) is 28.1 Å². The van der Waals surface area contributed by atoms with E-state index in [9.17, 15) is 0 Å². The SMILES string of the molecule is NOCCc1ccc(Br)cn1. The maximum absolute atomic E-state index is 4.87. The Hall–Kier alpha value is -0.450. The van der Waals surface area contributed by atoms with Crippen LogP contribution in [-0.4, -0.2) is 11.6 Å². The lowest BCUT2D eigenvalue weighted by molar-refractivity contribution is 0.140. The van der Waals surface area contributed by atoms with Crippen molar-refractivity contribution in [2.75, 3.05) is 6.61 Å². The zero-order valence-electron chi connectivity index (χ0n) is 5.96. The molecule has 4 heteroatoms. The van der Waals surface area contributed by atoms with Gasteiger partial charge in [0, 0.05) is 22.8 Å². The molecule has 1 aromatic rings. The fourth-order valence-corrected chi connectivity index (χ4v) is 0.952. The van der Waals surface area contributed by atoms with Crippen LogP contribution in [0.4, 0.5) is 0 Å². The third-order valence-electron chi connectivity index (χ3n) is 1.26. The quantitative estimate of drug-likeness (QED) is 0.775. The second-order valence-electron chi connectivity index (χ2n) is 2.09. The van der Waals surface area contributed by atoms with Crippen molar-refractivity contribution in [2.24, 2.45) is 5.90 Å². The van der Waals surface area contributed by atoms with E-state index in [1.54, 1.807) is 6.20 Å². The number of hydrogen-bond acceptors (Lipinski definition) is 3. The van der Waals surface area contributed by atoms with Crippen molar-refractivity contribution in [3.63, 3.8) is 0 Å². The van der Waals surface area contributed by atoms with Crippen LogP contribution in [0, 0.1) is 0 Å². The molecule has 3 nitrogen and oxygen atoms in total. The monoisotopic (exact) mass is 216 g/mol. The zero-order chi connectivity index (χ0) is 8.10. The summed E-state index contributed by atoms with van der Waals surface area (Å²) in [6.45, 7) is 0.509. The van der Waals surface area contributed by atoms with Crippen molar-refractivity contribution >= 4 is 15.9 Å². The molecule has 2 N–H and O–H groups in total. The van der Waals surface area contributed by atoms with Crippen molar-refractivity contribution < 1.29 is 4.84 Å². The summed E-state index contributed by atoms with van der Waals surface area (Å²) >= 11 is 3.30. The lowest BCUT2D eigenvalue weighted by Crippen LogP contribution is -2.04. The molecule has 0 saturated carbocycles. The molecule has 1 rings (SSSR count). The molecule has 0 amide bonds. The molecule has 60 valence electrons. The lowest BCUT2D eigenvalue weighted by atomic mass is 10.3. The Kier molecular flexibility index (Phi) is 3.48. The van der Waals surface area contributed by atoms with Gasteiger partial charge >= 0.3 is 0 Å². The molecule has 0 radical (unpaired) electrons. The van der Waals surface area contributed by atoms with Crippen LogP contribution in [0.25, 0.3) is 0 Å². The van der Waals surface area contributed by atoms with E-state index >= 15 is 0 Å². The average Bonchev–Trinajstić information content (AvgIpc) is 2.04. The second-order valence-corrected chi connectivity index (χ2v) is 3.00. The lowest BCUT2D eigenvalue weighted by Gasteiger charge is -1.97. The molecule has 0 fully saturated rings. The summed E-state index contributed by atoms with van der Waals surface area (Å²) in [4.78, 5) is 8.56. The van der Waals surface area contributed by atoms with Gasteiger partial charge in [0.15, 0.2) is 0 Å². The minimum Gasteiger partial charge on any atom is -0.304 e. The van der Waals surface area contributed by atoms with Crippen LogP contribution in [0.2, 0.25) is 0 Å². The highest BCUT2D eigenvalue weighted by molar-refractivity contribution is 9.10. The maximum atomic E-state index is 4.87. The summed E-state index contributed by atoms with van der Waals surface area (Å²) in [5.41, 5.74) is 0.985. The highest BCUT2D eigenvalue weighted by Crippen LogP contribution is 2.07. The molecule has 0 saturated heterocycles. The van der Waals surface area contributed by atoms with Gasteiger partial charge in [0.25, 0.3) is 0 Å². The largest absolute Gasteiger partial charge is 0.304 e. The third-order valence-corrected chi connectivity index (χ3v) is 1.73. The molecule has 0 aliphatic rings. The molecule has 0 bridgehead atoms. The summed E-state index contributed by atoms with van der Waals surface area (Å²) in [7, 11) is 0. The van der Waals surface area contributed by atoms with Crippen LogP contribution in [0.5, 0.6) is 0 Å². The van der Waals surface area contributed by atoms with Crippen molar-refractivity contribution in [1.29, 1.82) is 0 Å². The molecule has 0 aliphatic heterocycles. The molecule has 0 unspecified atom stereocenters. The van der Waals surface area contributed by atoms with Crippen molar-refractivity contribution in [3.05, 3.63) is 28.5 Å². The van der Waals surface area contributed by atoms with Gasteiger partial charge in [-0.3, -0.25) is 4.98 Å². The Balaban J connectivity index is 2.52. The third kappa shape index (κ3) is 2.96. The maximum Gasteiger partial charge on any atom is 0.0734 e. The van der Waals surface area contributed by atoms with E-state index < -0.39 is 0 Å². The van der Waals surface area contributed by atoms with Crippen LogP contribution in [-0.2, 0) is 11.3 Å². The minimum atomic E-state index is 0.509. The Morgan fingerprint density at radius 1 is 1.55 bits per heavy atom. The normalized spacial score (nSPS) is 10.0. The van der Waals surface area contributed by atoms with Gasteiger partial charge in [-0.1, -0.05) is 0 Å². The fraction of sp³-hybridized carbons (Fsp3) is 0.286. The Morgan fingerprint density at radius 2 is 2.36 bits per heavy atom. The predicted molar refractivity (Wildman–Crippen MR) is 45.8 cm³/mol. The standard InChI is InChI=1S/C7H9BrN2O/c8-6-1-2-7(10-5-6)3-4-11-9/h1-2,5H,3-4,9H2. The van der Waals surface area contributed by atoms with Crippen molar-refractivity contribution in [3.8, 4) is 0 Å². The second kappa shape index (κ2) is 4.43. The number of pyridine rings is 1. The number of aromatic nitrogens is 1. The number of rotatable bonds is 3. The first-order valence-corrected chi connectivity index (χ1v) is 4.04. The number of nitrogens with two attached hydrogens (primary N) is 1. The van der Waals surface area contributed by atoms with E-state index in [0.717, 1.165) is 16.6 Å². The van der Waals surface area contributed by atoms with Crippen LogP contribution in [0.15, 0.2) is 22.8 Å². The fourth-order valence-electron chi connectivity index (χ4n) is 0.718. The van der Waals surface area contributed by atoms with Gasteiger partial charge in [0.05, 0.1) is 6.61 Å². The molecular formula is C7H9BrN2O. The highest BCUT2D eigenvalue weighted by Gasteiger charge is 1.92. The van der Waals surface area contributed by atoms with E-state index in [-0.39, 0.29) is 0 Å². The van der Waals surface area contributed by atoms with Crippen molar-refractivity contribution in [1.82, 2.24) is 4.98 Å². The molecule has 0 aromatic carbocycles.